The number of likely N-dealkylation sites (tertiary alicyclic amines) is 1. The van der Waals surface area contributed by atoms with Gasteiger partial charge in [-0.05, 0) is 26.2 Å². The van der Waals surface area contributed by atoms with Gasteiger partial charge in [-0.15, -0.1) is 6.58 Å². The molecule has 1 aliphatic heterocycles. The van der Waals surface area contributed by atoms with Gasteiger partial charge in [0.2, 0.25) is 0 Å². The van der Waals surface area contributed by atoms with Crippen LogP contribution in [0.3, 0.4) is 0 Å². The Balaban J connectivity index is 1.94. The van der Waals surface area contributed by atoms with E-state index in [1.807, 2.05) is 4.90 Å². The minimum absolute atomic E-state index is 0.127. The lowest BCUT2D eigenvalue weighted by molar-refractivity contribution is -0.138. The lowest BCUT2D eigenvalue weighted by atomic mass is 10.1. The molecule has 0 spiro atoms. The number of carbonyl (C=O) groups is 1. The van der Waals surface area contributed by atoms with Crippen molar-refractivity contribution < 1.29 is 9.90 Å². The third-order valence-corrected chi connectivity index (χ3v) is 3.84. The largest absolute Gasteiger partial charge is 0.480 e. The highest BCUT2D eigenvalue weighted by Crippen LogP contribution is 2.34. The van der Waals surface area contributed by atoms with E-state index in [2.05, 4.69) is 18.4 Å². The number of carboxylic acid groups (broad SMARTS) is 1. The first-order valence-corrected chi connectivity index (χ1v) is 6.44. The van der Waals surface area contributed by atoms with Crippen LogP contribution in [-0.4, -0.2) is 58.6 Å². The first-order chi connectivity index (χ1) is 8.11. The third-order valence-electron chi connectivity index (χ3n) is 3.84. The van der Waals surface area contributed by atoms with Gasteiger partial charge in [0.25, 0.3) is 0 Å². The van der Waals surface area contributed by atoms with Crippen LogP contribution >= 0.6 is 0 Å². The van der Waals surface area contributed by atoms with Gasteiger partial charge in [-0.1, -0.05) is 6.08 Å². The van der Waals surface area contributed by atoms with Crippen LogP contribution < -0.4 is 0 Å². The van der Waals surface area contributed by atoms with Crippen LogP contribution in [0.4, 0.5) is 0 Å². The Bertz CT molecular complexity index is 302. The van der Waals surface area contributed by atoms with Crippen molar-refractivity contribution >= 4 is 5.97 Å². The number of carboxylic acids is 1. The van der Waals surface area contributed by atoms with Gasteiger partial charge in [-0.3, -0.25) is 14.6 Å². The maximum atomic E-state index is 10.9. The van der Waals surface area contributed by atoms with Crippen LogP contribution in [0.25, 0.3) is 0 Å². The van der Waals surface area contributed by atoms with Gasteiger partial charge in [-0.2, -0.15) is 0 Å². The Morgan fingerprint density at radius 1 is 1.59 bits per heavy atom. The Morgan fingerprint density at radius 2 is 2.29 bits per heavy atom. The molecule has 1 saturated heterocycles. The van der Waals surface area contributed by atoms with Crippen molar-refractivity contribution in [1.29, 1.82) is 0 Å². The van der Waals surface area contributed by atoms with Gasteiger partial charge in [0.15, 0.2) is 0 Å². The highest BCUT2D eigenvalue weighted by Gasteiger charge is 2.40. The van der Waals surface area contributed by atoms with Gasteiger partial charge >= 0.3 is 5.97 Å². The summed E-state index contributed by atoms with van der Waals surface area (Å²) < 4.78 is 0. The molecule has 1 saturated carbocycles. The predicted molar refractivity (Wildman–Crippen MR) is 67.0 cm³/mol. The van der Waals surface area contributed by atoms with E-state index in [0.717, 1.165) is 19.0 Å². The molecule has 1 aliphatic carbocycles. The van der Waals surface area contributed by atoms with Crippen molar-refractivity contribution in [3.05, 3.63) is 12.7 Å². The van der Waals surface area contributed by atoms with E-state index in [1.54, 1.807) is 6.08 Å². The highest BCUT2D eigenvalue weighted by molar-refractivity contribution is 5.69. The summed E-state index contributed by atoms with van der Waals surface area (Å²) >= 11 is 0. The lowest BCUT2D eigenvalue weighted by Gasteiger charge is -2.26. The van der Waals surface area contributed by atoms with Crippen LogP contribution in [0.2, 0.25) is 0 Å². The first kappa shape index (κ1) is 12.6. The summed E-state index contributed by atoms with van der Waals surface area (Å²) in [5, 5.41) is 8.93. The van der Waals surface area contributed by atoms with Crippen molar-refractivity contribution in [2.75, 3.05) is 19.6 Å². The molecule has 4 heteroatoms. The Labute approximate surface area is 103 Å². The van der Waals surface area contributed by atoms with E-state index in [4.69, 9.17) is 5.11 Å². The molecule has 17 heavy (non-hydrogen) atoms. The van der Waals surface area contributed by atoms with Crippen molar-refractivity contribution in [2.45, 2.75) is 44.3 Å². The summed E-state index contributed by atoms with van der Waals surface area (Å²) in [6.45, 7) is 7.79. The molecule has 0 amide bonds. The molecule has 2 atom stereocenters. The number of hydrogen-bond acceptors (Lipinski definition) is 3. The van der Waals surface area contributed by atoms with Gasteiger partial charge < -0.3 is 5.11 Å². The van der Waals surface area contributed by atoms with E-state index < -0.39 is 5.97 Å². The number of aliphatic carboxylic acids is 1. The molecule has 4 nitrogen and oxygen atoms in total. The molecule has 0 bridgehead atoms. The lowest BCUT2D eigenvalue weighted by Crippen LogP contribution is -2.41. The Kier molecular flexibility index (Phi) is 3.84. The van der Waals surface area contributed by atoms with Gasteiger partial charge in [0, 0.05) is 31.2 Å². The minimum atomic E-state index is -0.746. The van der Waals surface area contributed by atoms with Gasteiger partial charge in [0.05, 0.1) is 6.54 Å². The van der Waals surface area contributed by atoms with E-state index in [1.165, 1.54) is 12.8 Å². The quantitative estimate of drug-likeness (QED) is 0.706. The minimum Gasteiger partial charge on any atom is -0.480 e. The van der Waals surface area contributed by atoms with Crippen molar-refractivity contribution in [3.8, 4) is 0 Å². The summed E-state index contributed by atoms with van der Waals surface area (Å²) in [7, 11) is 0. The number of hydrogen-bond donors (Lipinski definition) is 1. The molecule has 0 aromatic rings. The first-order valence-electron chi connectivity index (χ1n) is 6.44. The molecule has 2 fully saturated rings. The van der Waals surface area contributed by atoms with Crippen LogP contribution in [-0.2, 0) is 4.79 Å². The molecule has 1 N–H and O–H groups in total. The Hall–Kier alpha value is -0.870. The summed E-state index contributed by atoms with van der Waals surface area (Å²) in [5.41, 5.74) is 0. The molecule has 0 radical (unpaired) electrons. The zero-order chi connectivity index (χ0) is 12.4. The highest BCUT2D eigenvalue weighted by atomic mass is 16.4. The molecular weight excluding hydrogens is 216 g/mol. The second kappa shape index (κ2) is 5.19. The maximum Gasteiger partial charge on any atom is 0.317 e. The SMILES string of the molecule is C=CCN(CC(=O)O)C1CC(C)N(C2CC2)C1. The Morgan fingerprint density at radius 3 is 2.82 bits per heavy atom. The summed E-state index contributed by atoms with van der Waals surface area (Å²) in [6.07, 6.45) is 5.51. The number of rotatable bonds is 6. The fourth-order valence-electron chi connectivity index (χ4n) is 2.89. The van der Waals surface area contributed by atoms with Gasteiger partial charge in [0.1, 0.15) is 0 Å². The average molecular weight is 238 g/mol. The fourth-order valence-corrected chi connectivity index (χ4v) is 2.89. The zero-order valence-corrected chi connectivity index (χ0v) is 10.5. The molecule has 0 aromatic heterocycles. The van der Waals surface area contributed by atoms with Crippen molar-refractivity contribution in [1.82, 2.24) is 9.80 Å². The third kappa shape index (κ3) is 3.07. The standard InChI is InChI=1S/C13H22N2O2/c1-3-6-14(9-13(16)17)12-7-10(2)15(8-12)11-4-5-11/h3,10-12H,1,4-9H2,2H3,(H,16,17). The topological polar surface area (TPSA) is 43.8 Å². The maximum absolute atomic E-state index is 10.9. The van der Waals surface area contributed by atoms with E-state index in [0.29, 0.717) is 18.6 Å². The second-order valence-corrected chi connectivity index (χ2v) is 5.28. The summed E-state index contributed by atoms with van der Waals surface area (Å²) in [5.74, 6) is -0.746. The predicted octanol–water partition coefficient (Wildman–Crippen LogP) is 1.18. The molecule has 2 unspecified atom stereocenters. The monoisotopic (exact) mass is 238 g/mol. The second-order valence-electron chi connectivity index (χ2n) is 5.28. The van der Waals surface area contributed by atoms with Crippen LogP contribution in [0.5, 0.6) is 0 Å². The zero-order valence-electron chi connectivity index (χ0n) is 10.5. The van der Waals surface area contributed by atoms with E-state index in [9.17, 15) is 4.79 Å². The molecule has 2 rings (SSSR count). The molecule has 0 aromatic carbocycles. The summed E-state index contributed by atoms with van der Waals surface area (Å²) in [4.78, 5) is 15.4. The normalized spacial score (nSPS) is 29.8. The van der Waals surface area contributed by atoms with E-state index in [-0.39, 0.29) is 6.54 Å². The molecular formula is C13H22N2O2. The summed E-state index contributed by atoms with van der Waals surface area (Å²) in [6, 6.07) is 1.73. The molecule has 96 valence electrons. The van der Waals surface area contributed by atoms with Gasteiger partial charge in [-0.25, -0.2) is 0 Å². The van der Waals surface area contributed by atoms with Crippen LogP contribution in [0.15, 0.2) is 12.7 Å². The van der Waals surface area contributed by atoms with Crippen LogP contribution in [0.1, 0.15) is 26.2 Å². The van der Waals surface area contributed by atoms with Crippen molar-refractivity contribution in [3.63, 3.8) is 0 Å². The number of nitrogens with zero attached hydrogens (tertiary/aromatic N) is 2. The van der Waals surface area contributed by atoms with E-state index >= 15 is 0 Å². The average Bonchev–Trinajstić information content (AvgIpc) is 3.01. The molecule has 1 heterocycles. The fraction of sp³-hybridized carbons (Fsp3) is 0.769. The smallest absolute Gasteiger partial charge is 0.317 e. The molecule has 2 aliphatic rings. The van der Waals surface area contributed by atoms with Crippen LogP contribution in [0, 0.1) is 0 Å². The van der Waals surface area contributed by atoms with Crippen molar-refractivity contribution in [2.24, 2.45) is 0 Å².